The van der Waals surface area contributed by atoms with Crippen LogP contribution in [-0.4, -0.2) is 79.0 Å². The molecule has 2 fully saturated rings. The second-order valence-electron chi connectivity index (χ2n) is 8.82. The molecular formula is C25H31N5O4. The smallest absolute Gasteiger partial charge is 0.344 e. The lowest BCUT2D eigenvalue weighted by molar-refractivity contribution is -0.139. The van der Waals surface area contributed by atoms with Gasteiger partial charge in [-0.3, -0.25) is 19.9 Å². The van der Waals surface area contributed by atoms with E-state index in [0.29, 0.717) is 11.3 Å². The Morgan fingerprint density at radius 1 is 1.03 bits per heavy atom. The largest absolute Gasteiger partial charge is 0.497 e. The molecule has 2 aliphatic rings. The second-order valence-corrected chi connectivity index (χ2v) is 8.82. The molecule has 180 valence electrons. The Morgan fingerprint density at radius 2 is 1.74 bits per heavy atom. The van der Waals surface area contributed by atoms with Gasteiger partial charge in [-0.2, -0.15) is 5.01 Å². The first-order chi connectivity index (χ1) is 16.4. The molecule has 2 saturated heterocycles. The molecule has 4 rings (SSSR count). The van der Waals surface area contributed by atoms with Crippen molar-refractivity contribution >= 4 is 17.8 Å². The van der Waals surface area contributed by atoms with E-state index in [0.717, 1.165) is 44.2 Å². The monoisotopic (exact) mass is 465 g/mol. The molecule has 2 N–H and O–H groups in total. The number of benzene rings is 2. The lowest BCUT2D eigenvalue weighted by atomic mass is 9.92. The molecule has 0 aliphatic carbocycles. The van der Waals surface area contributed by atoms with E-state index >= 15 is 0 Å². The van der Waals surface area contributed by atoms with Gasteiger partial charge in [0.15, 0.2) is 0 Å². The van der Waals surface area contributed by atoms with Crippen LogP contribution in [-0.2, 0) is 21.5 Å². The normalized spacial score (nSPS) is 21.4. The van der Waals surface area contributed by atoms with Crippen molar-refractivity contribution in [2.24, 2.45) is 0 Å². The maximum Gasteiger partial charge on any atom is 0.344 e. The van der Waals surface area contributed by atoms with E-state index in [9.17, 15) is 14.4 Å². The van der Waals surface area contributed by atoms with Gasteiger partial charge in [-0.15, -0.1) is 0 Å². The minimum absolute atomic E-state index is 0.124. The van der Waals surface area contributed by atoms with Gasteiger partial charge in [-0.25, -0.2) is 4.79 Å². The van der Waals surface area contributed by atoms with Gasteiger partial charge in [-0.05, 0) is 36.6 Å². The van der Waals surface area contributed by atoms with Gasteiger partial charge in [0.1, 0.15) is 11.3 Å². The quantitative estimate of drug-likeness (QED) is 0.572. The average Bonchev–Trinajstić information content (AvgIpc) is 3.08. The summed E-state index contributed by atoms with van der Waals surface area (Å²) < 4.78 is 5.23. The average molecular weight is 466 g/mol. The number of carbonyl (C=O) groups excluding carboxylic acids is 3. The first kappa shape index (κ1) is 23.7. The van der Waals surface area contributed by atoms with Crippen LogP contribution in [0.1, 0.15) is 18.1 Å². The van der Waals surface area contributed by atoms with Crippen LogP contribution in [0.3, 0.4) is 0 Å². The standard InChI is InChI=1S/C25H31N5O4/c1-25(20-9-6-10-21(17-20)34-2)23(32)30(24(33)26-25)27-22(31)18-29-15-13-28(14-16-29)12-11-19-7-4-3-5-8-19/h3-10,17H,11-16,18H2,1-2H3,(H,26,33)(H,27,31). The highest BCUT2D eigenvalue weighted by Gasteiger charge is 2.50. The summed E-state index contributed by atoms with van der Waals surface area (Å²) in [5, 5.41) is 3.46. The van der Waals surface area contributed by atoms with Crippen molar-refractivity contribution in [3.05, 3.63) is 65.7 Å². The van der Waals surface area contributed by atoms with Crippen LogP contribution in [0.5, 0.6) is 5.75 Å². The highest BCUT2D eigenvalue weighted by Crippen LogP contribution is 2.30. The Labute approximate surface area is 199 Å². The molecule has 1 unspecified atom stereocenters. The molecule has 1 atom stereocenters. The van der Waals surface area contributed by atoms with Gasteiger partial charge in [0.2, 0.25) is 0 Å². The zero-order valence-electron chi connectivity index (χ0n) is 19.6. The fourth-order valence-electron chi connectivity index (χ4n) is 4.34. The van der Waals surface area contributed by atoms with Crippen LogP contribution in [0.2, 0.25) is 0 Å². The first-order valence-electron chi connectivity index (χ1n) is 11.5. The molecule has 0 saturated carbocycles. The molecule has 2 heterocycles. The highest BCUT2D eigenvalue weighted by atomic mass is 16.5. The number of nitrogens with zero attached hydrogens (tertiary/aromatic N) is 3. The molecule has 2 aliphatic heterocycles. The molecule has 2 aromatic carbocycles. The lowest BCUT2D eigenvalue weighted by Crippen LogP contribution is -2.53. The van der Waals surface area contributed by atoms with E-state index < -0.39 is 23.4 Å². The van der Waals surface area contributed by atoms with Crippen LogP contribution in [0.25, 0.3) is 0 Å². The van der Waals surface area contributed by atoms with Crippen molar-refractivity contribution < 1.29 is 19.1 Å². The molecule has 9 heteroatoms. The van der Waals surface area contributed by atoms with E-state index in [1.165, 1.54) is 12.7 Å². The number of nitrogens with one attached hydrogen (secondary N) is 2. The Morgan fingerprint density at radius 3 is 2.44 bits per heavy atom. The van der Waals surface area contributed by atoms with Crippen LogP contribution < -0.4 is 15.5 Å². The van der Waals surface area contributed by atoms with Gasteiger partial charge in [-0.1, -0.05) is 42.5 Å². The maximum atomic E-state index is 13.1. The third-order valence-corrected chi connectivity index (χ3v) is 6.47. The van der Waals surface area contributed by atoms with Crippen molar-refractivity contribution in [2.75, 3.05) is 46.4 Å². The van der Waals surface area contributed by atoms with E-state index in [2.05, 4.69) is 39.9 Å². The molecule has 0 spiro atoms. The summed E-state index contributed by atoms with van der Waals surface area (Å²) in [4.78, 5) is 42.6. The Balaban J connectivity index is 1.27. The topological polar surface area (TPSA) is 94.2 Å². The van der Waals surface area contributed by atoms with Crippen molar-refractivity contribution in [3.63, 3.8) is 0 Å². The zero-order valence-corrected chi connectivity index (χ0v) is 19.6. The van der Waals surface area contributed by atoms with Crippen molar-refractivity contribution in [1.82, 2.24) is 25.6 Å². The van der Waals surface area contributed by atoms with Crippen molar-refractivity contribution in [3.8, 4) is 5.75 Å². The van der Waals surface area contributed by atoms with Gasteiger partial charge >= 0.3 is 6.03 Å². The molecule has 0 aromatic heterocycles. The summed E-state index contributed by atoms with van der Waals surface area (Å²) in [7, 11) is 1.53. The number of ether oxygens (including phenoxy) is 1. The number of imide groups is 1. The van der Waals surface area contributed by atoms with Crippen molar-refractivity contribution in [1.29, 1.82) is 0 Å². The number of hydrazine groups is 1. The van der Waals surface area contributed by atoms with Crippen LogP contribution in [0.4, 0.5) is 4.79 Å². The van der Waals surface area contributed by atoms with E-state index in [1.807, 2.05) is 11.0 Å². The number of carbonyl (C=O) groups is 3. The SMILES string of the molecule is COc1cccc(C2(C)NC(=O)N(NC(=O)CN3CCN(CCc4ccccc4)CC3)C2=O)c1. The van der Waals surface area contributed by atoms with Gasteiger partial charge in [0, 0.05) is 32.7 Å². The maximum absolute atomic E-state index is 13.1. The van der Waals surface area contributed by atoms with Crippen LogP contribution in [0.15, 0.2) is 54.6 Å². The fraction of sp³-hybridized carbons (Fsp3) is 0.400. The third-order valence-electron chi connectivity index (χ3n) is 6.47. The Kier molecular flexibility index (Phi) is 7.14. The highest BCUT2D eigenvalue weighted by molar-refractivity contribution is 6.08. The molecule has 4 amide bonds. The van der Waals surface area contributed by atoms with Crippen LogP contribution >= 0.6 is 0 Å². The number of methoxy groups -OCH3 is 1. The summed E-state index contributed by atoms with van der Waals surface area (Å²) in [6.45, 7) is 5.97. The molecule has 0 bridgehead atoms. The summed E-state index contributed by atoms with van der Waals surface area (Å²) in [5.41, 5.74) is 3.09. The second kappa shape index (κ2) is 10.2. The van der Waals surface area contributed by atoms with E-state index in [4.69, 9.17) is 4.74 Å². The first-order valence-corrected chi connectivity index (χ1v) is 11.5. The summed E-state index contributed by atoms with van der Waals surface area (Å²) in [6, 6.07) is 16.7. The minimum atomic E-state index is -1.29. The zero-order chi connectivity index (χ0) is 24.1. The van der Waals surface area contributed by atoms with Crippen molar-refractivity contribution in [2.45, 2.75) is 18.9 Å². The molecule has 9 nitrogen and oxygen atoms in total. The van der Waals surface area contributed by atoms with E-state index in [1.54, 1.807) is 31.2 Å². The summed E-state index contributed by atoms with van der Waals surface area (Å²) >= 11 is 0. The van der Waals surface area contributed by atoms with E-state index in [-0.39, 0.29) is 6.54 Å². The molecule has 2 aromatic rings. The minimum Gasteiger partial charge on any atom is -0.497 e. The number of amides is 4. The molecule has 0 radical (unpaired) electrons. The number of urea groups is 1. The number of rotatable bonds is 8. The predicted molar refractivity (Wildman–Crippen MR) is 127 cm³/mol. The number of hydrogen-bond donors (Lipinski definition) is 2. The third kappa shape index (κ3) is 5.21. The lowest BCUT2D eigenvalue weighted by Gasteiger charge is -2.34. The van der Waals surface area contributed by atoms with Gasteiger partial charge in [0.05, 0.1) is 13.7 Å². The Bertz CT molecular complexity index is 1040. The molecule has 34 heavy (non-hydrogen) atoms. The predicted octanol–water partition coefficient (Wildman–Crippen LogP) is 1.35. The van der Waals surface area contributed by atoms with Crippen LogP contribution in [0, 0.1) is 0 Å². The number of piperazine rings is 1. The fourth-order valence-corrected chi connectivity index (χ4v) is 4.34. The summed E-state index contributed by atoms with van der Waals surface area (Å²) in [5.74, 6) is -0.355. The molecular weight excluding hydrogens is 434 g/mol. The Hall–Kier alpha value is -3.43. The van der Waals surface area contributed by atoms with Gasteiger partial charge < -0.3 is 15.0 Å². The summed E-state index contributed by atoms with van der Waals surface area (Å²) in [6.07, 6.45) is 1.000. The number of hydrogen-bond acceptors (Lipinski definition) is 6. The van der Waals surface area contributed by atoms with Gasteiger partial charge in [0.25, 0.3) is 11.8 Å².